The van der Waals surface area contributed by atoms with Crippen molar-refractivity contribution >= 4 is 17.7 Å². The number of carboxylic acids is 1. The lowest BCUT2D eigenvalue weighted by atomic mass is 9.96. The number of carboxylic acid groups (broad SMARTS) is 1. The minimum absolute atomic E-state index is 0.403. The van der Waals surface area contributed by atoms with Crippen molar-refractivity contribution in [2.75, 3.05) is 5.75 Å². The van der Waals surface area contributed by atoms with Gasteiger partial charge in [-0.1, -0.05) is 0 Å². The standard InChI is InChI=1S/C16H24N2O2S/c1-11-9-12(2)17-14(10-11)21-8-4-7-16(3,15(19)20)18-13-5-6-13/h9-10,13,18H,4-8H2,1-3H3,(H,19,20). The van der Waals surface area contributed by atoms with Crippen LogP contribution in [0.1, 0.15) is 43.9 Å². The van der Waals surface area contributed by atoms with Crippen LogP contribution in [0.2, 0.25) is 0 Å². The first-order valence-corrected chi connectivity index (χ1v) is 8.47. The number of nitrogens with zero attached hydrogens (tertiary/aromatic N) is 1. The van der Waals surface area contributed by atoms with Crippen LogP contribution in [-0.2, 0) is 4.79 Å². The zero-order valence-electron chi connectivity index (χ0n) is 13.0. The number of pyridine rings is 1. The summed E-state index contributed by atoms with van der Waals surface area (Å²) < 4.78 is 0. The number of aromatic nitrogens is 1. The third-order valence-electron chi connectivity index (χ3n) is 3.72. The molecule has 1 aliphatic rings. The molecule has 116 valence electrons. The summed E-state index contributed by atoms with van der Waals surface area (Å²) in [5.74, 6) is 0.148. The Hall–Kier alpha value is -1.07. The molecular weight excluding hydrogens is 284 g/mol. The van der Waals surface area contributed by atoms with Crippen molar-refractivity contribution in [2.45, 2.75) is 63.1 Å². The van der Waals surface area contributed by atoms with E-state index in [1.54, 1.807) is 18.7 Å². The molecule has 4 nitrogen and oxygen atoms in total. The Bertz CT molecular complexity index is 497. The second kappa shape index (κ2) is 6.79. The zero-order valence-corrected chi connectivity index (χ0v) is 13.8. The van der Waals surface area contributed by atoms with Crippen LogP contribution in [0.15, 0.2) is 17.2 Å². The van der Waals surface area contributed by atoms with Crippen LogP contribution in [0.5, 0.6) is 0 Å². The smallest absolute Gasteiger partial charge is 0.323 e. The second-order valence-electron chi connectivity index (χ2n) is 6.13. The largest absolute Gasteiger partial charge is 0.480 e. The van der Waals surface area contributed by atoms with Gasteiger partial charge in [0.25, 0.3) is 0 Å². The van der Waals surface area contributed by atoms with E-state index in [4.69, 9.17) is 0 Å². The fraction of sp³-hybridized carbons (Fsp3) is 0.625. The molecule has 1 heterocycles. The quantitative estimate of drug-likeness (QED) is 0.570. The van der Waals surface area contributed by atoms with Gasteiger partial charge >= 0.3 is 5.97 Å². The molecule has 1 aromatic rings. The summed E-state index contributed by atoms with van der Waals surface area (Å²) in [5.41, 5.74) is 1.46. The predicted octanol–water partition coefficient (Wildman–Crippen LogP) is 3.17. The third kappa shape index (κ3) is 5.00. The molecule has 0 saturated heterocycles. The van der Waals surface area contributed by atoms with E-state index >= 15 is 0 Å². The number of carbonyl (C=O) groups is 1. The second-order valence-corrected chi connectivity index (χ2v) is 7.25. The summed E-state index contributed by atoms with van der Waals surface area (Å²) in [6.07, 6.45) is 3.71. The van der Waals surface area contributed by atoms with Crippen molar-refractivity contribution in [1.29, 1.82) is 0 Å². The first-order valence-electron chi connectivity index (χ1n) is 7.48. The Labute approximate surface area is 130 Å². The maximum Gasteiger partial charge on any atom is 0.323 e. The molecule has 1 fully saturated rings. The average Bonchev–Trinajstić information content (AvgIpc) is 3.17. The highest BCUT2D eigenvalue weighted by molar-refractivity contribution is 7.99. The summed E-state index contributed by atoms with van der Waals surface area (Å²) >= 11 is 1.70. The molecule has 21 heavy (non-hydrogen) atoms. The van der Waals surface area contributed by atoms with Crippen molar-refractivity contribution < 1.29 is 9.90 Å². The van der Waals surface area contributed by atoms with Crippen LogP contribution in [0.25, 0.3) is 0 Å². The molecular formula is C16H24N2O2S. The van der Waals surface area contributed by atoms with Crippen LogP contribution in [0, 0.1) is 13.8 Å². The van der Waals surface area contributed by atoms with Gasteiger partial charge in [-0.25, -0.2) is 4.98 Å². The normalized spacial score (nSPS) is 17.5. The summed E-state index contributed by atoms with van der Waals surface area (Å²) in [5, 5.41) is 13.7. The highest BCUT2D eigenvalue weighted by atomic mass is 32.2. The lowest BCUT2D eigenvalue weighted by Crippen LogP contribution is -2.50. The van der Waals surface area contributed by atoms with Gasteiger partial charge in [-0.15, -0.1) is 11.8 Å². The van der Waals surface area contributed by atoms with Gasteiger partial charge in [0.05, 0.1) is 5.03 Å². The molecule has 0 spiro atoms. The fourth-order valence-electron chi connectivity index (χ4n) is 2.40. The van der Waals surface area contributed by atoms with Gasteiger partial charge in [0.15, 0.2) is 0 Å². The molecule has 0 bridgehead atoms. The number of hydrogen-bond acceptors (Lipinski definition) is 4. The fourth-order valence-corrected chi connectivity index (χ4v) is 3.38. The minimum Gasteiger partial charge on any atom is -0.480 e. The van der Waals surface area contributed by atoms with E-state index in [0.29, 0.717) is 12.5 Å². The van der Waals surface area contributed by atoms with E-state index in [1.165, 1.54) is 5.56 Å². The molecule has 0 radical (unpaired) electrons. The van der Waals surface area contributed by atoms with Gasteiger partial charge in [0.1, 0.15) is 5.54 Å². The van der Waals surface area contributed by atoms with E-state index < -0.39 is 11.5 Å². The third-order valence-corrected chi connectivity index (χ3v) is 4.72. The number of aliphatic carboxylic acids is 1. The highest BCUT2D eigenvalue weighted by Crippen LogP contribution is 2.26. The van der Waals surface area contributed by atoms with Gasteiger partial charge in [0, 0.05) is 11.7 Å². The molecule has 1 atom stereocenters. The molecule has 0 amide bonds. The number of hydrogen-bond donors (Lipinski definition) is 2. The number of rotatable bonds is 8. The van der Waals surface area contributed by atoms with Crippen molar-refractivity contribution in [2.24, 2.45) is 0 Å². The van der Waals surface area contributed by atoms with Crippen molar-refractivity contribution in [1.82, 2.24) is 10.3 Å². The maximum absolute atomic E-state index is 11.5. The molecule has 1 saturated carbocycles. The average molecular weight is 308 g/mol. The van der Waals surface area contributed by atoms with E-state index in [2.05, 4.69) is 29.4 Å². The zero-order chi connectivity index (χ0) is 15.5. The Morgan fingerprint density at radius 2 is 2.19 bits per heavy atom. The van der Waals surface area contributed by atoms with Crippen molar-refractivity contribution in [3.8, 4) is 0 Å². The van der Waals surface area contributed by atoms with Crippen molar-refractivity contribution in [3.05, 3.63) is 23.4 Å². The Kier molecular flexibility index (Phi) is 5.27. The number of thioether (sulfide) groups is 1. The van der Waals surface area contributed by atoms with E-state index in [0.717, 1.165) is 35.7 Å². The molecule has 2 N–H and O–H groups in total. The van der Waals surface area contributed by atoms with Crippen LogP contribution < -0.4 is 5.32 Å². The molecule has 5 heteroatoms. The van der Waals surface area contributed by atoms with Crippen LogP contribution in [0.3, 0.4) is 0 Å². The first-order chi connectivity index (χ1) is 9.89. The molecule has 1 unspecified atom stereocenters. The number of aryl methyl sites for hydroxylation is 2. The number of nitrogens with one attached hydrogen (secondary N) is 1. The van der Waals surface area contributed by atoms with Crippen molar-refractivity contribution in [3.63, 3.8) is 0 Å². The highest BCUT2D eigenvalue weighted by Gasteiger charge is 2.37. The van der Waals surface area contributed by atoms with E-state index in [-0.39, 0.29) is 0 Å². The molecule has 1 aliphatic carbocycles. The predicted molar refractivity (Wildman–Crippen MR) is 85.9 cm³/mol. The van der Waals surface area contributed by atoms with Crippen LogP contribution >= 0.6 is 11.8 Å². The maximum atomic E-state index is 11.5. The Balaban J connectivity index is 1.80. The lowest BCUT2D eigenvalue weighted by Gasteiger charge is -2.26. The summed E-state index contributed by atoms with van der Waals surface area (Å²) in [7, 11) is 0. The van der Waals surface area contributed by atoms with Gasteiger partial charge in [-0.3, -0.25) is 10.1 Å². The van der Waals surface area contributed by atoms with Gasteiger partial charge in [0.2, 0.25) is 0 Å². The van der Waals surface area contributed by atoms with Gasteiger partial charge < -0.3 is 5.11 Å². The van der Waals surface area contributed by atoms with E-state index in [9.17, 15) is 9.90 Å². The SMILES string of the molecule is Cc1cc(C)nc(SCCCC(C)(NC2CC2)C(=O)O)c1. The Morgan fingerprint density at radius 1 is 1.48 bits per heavy atom. The summed E-state index contributed by atoms with van der Waals surface area (Å²) in [6.45, 7) is 5.87. The molecule has 0 aliphatic heterocycles. The minimum atomic E-state index is -0.794. The lowest BCUT2D eigenvalue weighted by molar-refractivity contribution is -0.144. The van der Waals surface area contributed by atoms with Gasteiger partial charge in [-0.2, -0.15) is 0 Å². The van der Waals surface area contributed by atoms with Crippen LogP contribution in [-0.4, -0.2) is 33.4 Å². The van der Waals surface area contributed by atoms with Crippen LogP contribution in [0.4, 0.5) is 0 Å². The van der Waals surface area contributed by atoms with E-state index in [1.807, 2.05) is 6.92 Å². The molecule has 1 aromatic heterocycles. The summed E-state index contributed by atoms with van der Waals surface area (Å²) in [4.78, 5) is 15.9. The topological polar surface area (TPSA) is 62.2 Å². The van der Waals surface area contributed by atoms with Gasteiger partial charge in [-0.05, 0) is 69.9 Å². The Morgan fingerprint density at radius 3 is 2.76 bits per heavy atom. The molecule has 0 aromatic carbocycles. The first kappa shape index (κ1) is 16.3. The molecule has 2 rings (SSSR count). The summed E-state index contributed by atoms with van der Waals surface area (Å²) in [6, 6.07) is 4.54. The monoisotopic (exact) mass is 308 g/mol.